The molecule has 0 aromatic heterocycles. The molecule has 132 valence electrons. The Kier molecular flexibility index (Phi) is 6.57. The van der Waals surface area contributed by atoms with Crippen molar-refractivity contribution in [3.8, 4) is 5.75 Å². The largest absolute Gasteiger partial charge is 0.466 e. The fourth-order valence-corrected chi connectivity index (χ4v) is 1.43. The molecule has 0 aliphatic rings. The Hall–Kier alpha value is -2.78. The Labute approximate surface area is 134 Å². The zero-order valence-corrected chi connectivity index (χ0v) is 12.5. The maximum absolute atomic E-state index is 12.9. The van der Waals surface area contributed by atoms with E-state index < -0.39 is 30.2 Å². The molecule has 1 aromatic carbocycles. The van der Waals surface area contributed by atoms with Gasteiger partial charge in [0.15, 0.2) is 0 Å². The van der Waals surface area contributed by atoms with Gasteiger partial charge in [0.1, 0.15) is 11.4 Å². The number of halogens is 4. The molecule has 24 heavy (non-hydrogen) atoms. The lowest BCUT2D eigenvalue weighted by atomic mass is 10.2. The summed E-state index contributed by atoms with van der Waals surface area (Å²) < 4.78 is 62.8. The van der Waals surface area contributed by atoms with Crippen LogP contribution in [0.1, 0.15) is 0 Å². The standard InChI is InChI=1S/C14H13F4NO5/c1-22-11(20)7-10(12(21)23-2)19-8-4-3-5-9(6-8)24-14(17,18)13(15)16/h3-7,13,19H,1-2H3/b10-7+. The molecule has 1 aromatic rings. The molecule has 0 saturated carbocycles. The van der Waals surface area contributed by atoms with Crippen LogP contribution in [0.15, 0.2) is 36.0 Å². The molecule has 0 bridgehead atoms. The van der Waals surface area contributed by atoms with E-state index in [4.69, 9.17) is 0 Å². The normalized spacial score (nSPS) is 11.9. The Balaban J connectivity index is 3.01. The van der Waals surface area contributed by atoms with Crippen molar-refractivity contribution >= 4 is 17.6 Å². The molecule has 0 saturated heterocycles. The van der Waals surface area contributed by atoms with Crippen molar-refractivity contribution in [2.24, 2.45) is 0 Å². The van der Waals surface area contributed by atoms with Gasteiger partial charge in [0.25, 0.3) is 0 Å². The summed E-state index contributed by atoms with van der Waals surface area (Å²) in [7, 11) is 2.13. The molecule has 0 unspecified atom stereocenters. The van der Waals surface area contributed by atoms with Gasteiger partial charge in [0.05, 0.1) is 20.3 Å². The zero-order valence-electron chi connectivity index (χ0n) is 12.5. The summed E-state index contributed by atoms with van der Waals surface area (Å²) in [6.07, 6.45) is -7.92. The van der Waals surface area contributed by atoms with Crippen LogP contribution in [-0.2, 0) is 19.1 Å². The van der Waals surface area contributed by atoms with E-state index in [0.717, 1.165) is 32.4 Å². The maximum Gasteiger partial charge on any atom is 0.461 e. The van der Waals surface area contributed by atoms with Crippen molar-refractivity contribution < 1.29 is 41.4 Å². The highest BCUT2D eigenvalue weighted by Crippen LogP contribution is 2.29. The number of alkyl halides is 4. The average molecular weight is 351 g/mol. The molecule has 1 rings (SSSR count). The van der Waals surface area contributed by atoms with Crippen LogP contribution in [0.25, 0.3) is 0 Å². The van der Waals surface area contributed by atoms with Crippen molar-refractivity contribution in [3.05, 3.63) is 36.0 Å². The summed E-state index contributed by atoms with van der Waals surface area (Å²) in [5, 5.41) is 2.42. The van der Waals surface area contributed by atoms with Crippen LogP contribution in [0, 0.1) is 0 Å². The fourth-order valence-electron chi connectivity index (χ4n) is 1.43. The number of hydrogen-bond acceptors (Lipinski definition) is 6. The van der Waals surface area contributed by atoms with Gasteiger partial charge in [-0.05, 0) is 12.1 Å². The lowest BCUT2D eigenvalue weighted by molar-refractivity contribution is -0.253. The highest BCUT2D eigenvalue weighted by Gasteiger charge is 2.44. The summed E-state index contributed by atoms with van der Waals surface area (Å²) in [6, 6.07) is 4.49. The van der Waals surface area contributed by atoms with E-state index in [9.17, 15) is 27.2 Å². The van der Waals surface area contributed by atoms with Crippen LogP contribution < -0.4 is 10.1 Å². The smallest absolute Gasteiger partial charge is 0.461 e. The predicted octanol–water partition coefficient (Wildman–Crippen LogP) is 2.57. The lowest BCUT2D eigenvalue weighted by Gasteiger charge is -2.17. The van der Waals surface area contributed by atoms with E-state index in [1.165, 1.54) is 12.1 Å². The molecule has 0 fully saturated rings. The minimum absolute atomic E-state index is 0.0121. The lowest BCUT2D eigenvalue weighted by Crippen LogP contribution is -2.33. The summed E-state index contributed by atoms with van der Waals surface area (Å²) in [6.45, 7) is 0. The van der Waals surface area contributed by atoms with Crippen LogP contribution in [0.4, 0.5) is 23.2 Å². The Morgan fingerprint density at radius 2 is 1.88 bits per heavy atom. The number of anilines is 1. The third kappa shape index (κ3) is 5.45. The van der Waals surface area contributed by atoms with Gasteiger partial charge in [-0.25, -0.2) is 9.59 Å². The van der Waals surface area contributed by atoms with Crippen LogP contribution in [0.3, 0.4) is 0 Å². The predicted molar refractivity (Wildman–Crippen MR) is 73.8 cm³/mol. The number of carbonyl (C=O) groups is 2. The number of rotatable bonds is 7. The van der Waals surface area contributed by atoms with Gasteiger partial charge in [-0.15, -0.1) is 0 Å². The monoisotopic (exact) mass is 351 g/mol. The number of carbonyl (C=O) groups excluding carboxylic acids is 2. The number of benzene rings is 1. The Morgan fingerprint density at radius 3 is 2.42 bits per heavy atom. The molecule has 0 heterocycles. The molecule has 0 aliphatic heterocycles. The third-order valence-corrected chi connectivity index (χ3v) is 2.49. The van der Waals surface area contributed by atoms with Crippen molar-refractivity contribution in [3.63, 3.8) is 0 Å². The first-order chi connectivity index (χ1) is 11.2. The maximum atomic E-state index is 12.9. The second-order valence-electron chi connectivity index (χ2n) is 4.19. The van der Waals surface area contributed by atoms with Crippen LogP contribution in [-0.4, -0.2) is 38.7 Å². The average Bonchev–Trinajstić information content (AvgIpc) is 2.53. The van der Waals surface area contributed by atoms with Gasteiger partial charge in [-0.3, -0.25) is 0 Å². The highest BCUT2D eigenvalue weighted by atomic mass is 19.3. The van der Waals surface area contributed by atoms with E-state index in [1.807, 2.05) is 0 Å². The molecule has 0 radical (unpaired) electrons. The molecule has 1 N–H and O–H groups in total. The van der Waals surface area contributed by atoms with E-state index in [0.29, 0.717) is 0 Å². The van der Waals surface area contributed by atoms with Gasteiger partial charge >= 0.3 is 24.5 Å². The molecule has 10 heteroatoms. The molecule has 0 spiro atoms. The van der Waals surface area contributed by atoms with Crippen LogP contribution in [0.5, 0.6) is 5.75 Å². The van der Waals surface area contributed by atoms with Crippen molar-refractivity contribution in [2.75, 3.05) is 19.5 Å². The van der Waals surface area contributed by atoms with Gasteiger partial charge < -0.3 is 19.5 Å². The molecule has 0 atom stereocenters. The molecular formula is C14H13F4NO5. The first-order valence-electron chi connectivity index (χ1n) is 6.29. The first-order valence-corrected chi connectivity index (χ1v) is 6.29. The van der Waals surface area contributed by atoms with E-state index in [2.05, 4.69) is 19.5 Å². The van der Waals surface area contributed by atoms with Gasteiger partial charge in [0.2, 0.25) is 0 Å². The number of methoxy groups -OCH3 is 2. The fraction of sp³-hybridized carbons (Fsp3) is 0.286. The summed E-state index contributed by atoms with van der Waals surface area (Å²) in [5.41, 5.74) is -0.347. The van der Waals surface area contributed by atoms with E-state index in [1.54, 1.807) is 0 Å². The number of esters is 2. The zero-order chi connectivity index (χ0) is 18.3. The quantitative estimate of drug-likeness (QED) is 0.462. The van der Waals surface area contributed by atoms with Gasteiger partial charge in [0, 0.05) is 11.8 Å². The number of hydrogen-bond donors (Lipinski definition) is 1. The summed E-state index contributed by atoms with van der Waals surface area (Å²) in [5.74, 6) is -2.39. The van der Waals surface area contributed by atoms with Crippen molar-refractivity contribution in [1.82, 2.24) is 0 Å². The minimum atomic E-state index is -4.67. The summed E-state index contributed by atoms with van der Waals surface area (Å²) in [4.78, 5) is 22.8. The van der Waals surface area contributed by atoms with Crippen LogP contribution in [0.2, 0.25) is 0 Å². The van der Waals surface area contributed by atoms with E-state index >= 15 is 0 Å². The molecule has 0 aliphatic carbocycles. The highest BCUT2D eigenvalue weighted by molar-refractivity contribution is 5.98. The molecule has 6 nitrogen and oxygen atoms in total. The second-order valence-corrected chi connectivity index (χ2v) is 4.19. The number of nitrogens with one attached hydrogen (secondary N) is 1. The van der Waals surface area contributed by atoms with Crippen LogP contribution >= 0.6 is 0 Å². The first kappa shape index (κ1) is 19.3. The molecule has 0 amide bonds. The van der Waals surface area contributed by atoms with Crippen molar-refractivity contribution in [2.45, 2.75) is 12.5 Å². The number of ether oxygens (including phenoxy) is 3. The minimum Gasteiger partial charge on any atom is -0.466 e. The van der Waals surface area contributed by atoms with Gasteiger partial charge in [-0.2, -0.15) is 17.6 Å². The Morgan fingerprint density at radius 1 is 1.21 bits per heavy atom. The molecular weight excluding hydrogens is 338 g/mol. The van der Waals surface area contributed by atoms with E-state index in [-0.39, 0.29) is 11.4 Å². The second kappa shape index (κ2) is 8.18. The summed E-state index contributed by atoms with van der Waals surface area (Å²) >= 11 is 0. The Bertz CT molecular complexity index is 633. The topological polar surface area (TPSA) is 73.9 Å². The SMILES string of the molecule is COC(=O)/C=C(/Nc1cccc(OC(F)(F)C(F)F)c1)C(=O)OC. The van der Waals surface area contributed by atoms with Gasteiger partial charge in [-0.1, -0.05) is 6.07 Å². The third-order valence-electron chi connectivity index (χ3n) is 2.49. The van der Waals surface area contributed by atoms with Crippen molar-refractivity contribution in [1.29, 1.82) is 0 Å².